The maximum atomic E-state index is 13.2. The van der Waals surface area contributed by atoms with E-state index in [2.05, 4.69) is 16.8 Å². The topological polar surface area (TPSA) is 73.3 Å². The summed E-state index contributed by atoms with van der Waals surface area (Å²) in [6, 6.07) is 5.97. The molecule has 2 atom stereocenters. The highest BCUT2D eigenvalue weighted by Crippen LogP contribution is 2.30. The third-order valence-corrected chi connectivity index (χ3v) is 6.30. The minimum Gasteiger partial charge on any atom is -0.496 e. The number of likely N-dealkylation sites (tertiary alicyclic amines) is 1. The number of aryl methyl sites for hydroxylation is 1. The molecule has 0 aromatic heterocycles. The maximum absolute atomic E-state index is 13.2. The van der Waals surface area contributed by atoms with Gasteiger partial charge in [-0.1, -0.05) is 6.07 Å². The number of benzene rings is 1. The van der Waals surface area contributed by atoms with Crippen LogP contribution >= 0.6 is 0 Å². The Labute approximate surface area is 173 Å². The van der Waals surface area contributed by atoms with Crippen LogP contribution in [0.15, 0.2) is 18.2 Å². The Hall–Kier alpha value is -2.12. The molecule has 0 saturated carbocycles. The van der Waals surface area contributed by atoms with E-state index in [1.807, 2.05) is 30.0 Å². The van der Waals surface area contributed by atoms with Gasteiger partial charge in [-0.2, -0.15) is 0 Å². The molecule has 0 aliphatic carbocycles. The fraction of sp³-hybridized carbons (Fsp3) is 0.636. The van der Waals surface area contributed by atoms with Crippen molar-refractivity contribution in [1.82, 2.24) is 14.7 Å². The van der Waals surface area contributed by atoms with Crippen molar-refractivity contribution < 1.29 is 19.4 Å². The van der Waals surface area contributed by atoms with E-state index < -0.39 is 5.97 Å². The summed E-state index contributed by atoms with van der Waals surface area (Å²) in [5.41, 5.74) is 1.62. The van der Waals surface area contributed by atoms with Gasteiger partial charge in [-0.05, 0) is 50.4 Å². The molecular weight excluding hydrogens is 370 g/mol. The zero-order valence-corrected chi connectivity index (χ0v) is 17.8. The van der Waals surface area contributed by atoms with Gasteiger partial charge < -0.3 is 19.6 Å². The summed E-state index contributed by atoms with van der Waals surface area (Å²) in [6.07, 6.45) is 1.62. The van der Waals surface area contributed by atoms with Gasteiger partial charge in [0.2, 0.25) is 0 Å². The number of methoxy groups -OCH3 is 1. The van der Waals surface area contributed by atoms with Gasteiger partial charge in [0, 0.05) is 51.7 Å². The zero-order valence-electron chi connectivity index (χ0n) is 17.8. The summed E-state index contributed by atoms with van der Waals surface area (Å²) in [5.74, 6) is -0.0355. The molecule has 0 bridgehead atoms. The van der Waals surface area contributed by atoms with Crippen molar-refractivity contribution in [3.05, 3.63) is 29.3 Å². The summed E-state index contributed by atoms with van der Waals surface area (Å²) in [7, 11) is 3.72. The van der Waals surface area contributed by atoms with E-state index in [-0.39, 0.29) is 18.2 Å². The molecule has 1 N–H and O–H groups in total. The second-order valence-corrected chi connectivity index (χ2v) is 8.34. The maximum Gasteiger partial charge on any atom is 0.303 e. The number of rotatable bonds is 6. The highest BCUT2D eigenvalue weighted by molar-refractivity contribution is 5.97. The number of hydrogen-bond donors (Lipinski definition) is 1. The Morgan fingerprint density at radius 3 is 2.55 bits per heavy atom. The number of amides is 1. The van der Waals surface area contributed by atoms with Crippen molar-refractivity contribution in [1.29, 1.82) is 0 Å². The number of piperidine rings is 1. The number of likely N-dealkylation sites (N-methyl/N-ethyl adjacent to an activating group) is 1. The van der Waals surface area contributed by atoms with Crippen molar-refractivity contribution in [2.75, 3.05) is 53.4 Å². The van der Waals surface area contributed by atoms with E-state index in [1.165, 1.54) is 0 Å². The number of carboxylic acids is 1. The largest absolute Gasteiger partial charge is 0.496 e. The monoisotopic (exact) mass is 403 g/mol. The van der Waals surface area contributed by atoms with Gasteiger partial charge in [-0.3, -0.25) is 14.5 Å². The molecule has 0 spiro atoms. The first kappa shape index (κ1) is 21.6. The summed E-state index contributed by atoms with van der Waals surface area (Å²) in [5, 5.41) is 9.21. The first-order chi connectivity index (χ1) is 13.9. The SMILES string of the molecule is COc1cc(C)ccc1C(=O)N1CC[C@H](N2CCN(C)CC2)[C@H](CCC(=O)O)C1. The van der Waals surface area contributed by atoms with E-state index in [1.54, 1.807) is 7.11 Å². The summed E-state index contributed by atoms with van der Waals surface area (Å²) in [6.45, 7) is 7.34. The molecule has 2 aliphatic heterocycles. The summed E-state index contributed by atoms with van der Waals surface area (Å²) in [4.78, 5) is 31.1. The van der Waals surface area contributed by atoms with E-state index in [9.17, 15) is 14.7 Å². The van der Waals surface area contributed by atoms with Crippen molar-refractivity contribution in [3.63, 3.8) is 0 Å². The molecule has 2 heterocycles. The molecule has 29 heavy (non-hydrogen) atoms. The molecule has 1 aromatic rings. The average Bonchev–Trinajstić information content (AvgIpc) is 2.72. The molecule has 160 valence electrons. The van der Waals surface area contributed by atoms with Gasteiger partial charge in [-0.25, -0.2) is 0 Å². The van der Waals surface area contributed by atoms with Crippen LogP contribution < -0.4 is 4.74 Å². The fourth-order valence-electron chi connectivity index (χ4n) is 4.58. The number of ether oxygens (including phenoxy) is 1. The van der Waals surface area contributed by atoms with Crippen LogP contribution in [0.4, 0.5) is 0 Å². The molecule has 1 aromatic carbocycles. The molecule has 0 radical (unpaired) electrons. The fourth-order valence-corrected chi connectivity index (χ4v) is 4.58. The lowest BCUT2D eigenvalue weighted by Gasteiger charge is -2.46. The Morgan fingerprint density at radius 2 is 1.90 bits per heavy atom. The van der Waals surface area contributed by atoms with Gasteiger partial charge >= 0.3 is 5.97 Å². The molecule has 3 rings (SSSR count). The zero-order chi connectivity index (χ0) is 21.0. The Balaban J connectivity index is 1.74. The van der Waals surface area contributed by atoms with Crippen LogP contribution in [0.1, 0.15) is 35.2 Å². The van der Waals surface area contributed by atoms with E-state index in [4.69, 9.17) is 4.74 Å². The second-order valence-electron chi connectivity index (χ2n) is 8.34. The van der Waals surface area contributed by atoms with Crippen LogP contribution in [0.25, 0.3) is 0 Å². The third-order valence-electron chi connectivity index (χ3n) is 6.30. The number of hydrogen-bond acceptors (Lipinski definition) is 5. The number of aliphatic carboxylic acids is 1. The average molecular weight is 404 g/mol. The number of nitrogens with zero attached hydrogens (tertiary/aromatic N) is 3. The van der Waals surface area contributed by atoms with Gasteiger partial charge in [0.25, 0.3) is 5.91 Å². The number of carbonyl (C=O) groups excluding carboxylic acids is 1. The van der Waals surface area contributed by atoms with Crippen molar-refractivity contribution in [2.45, 2.75) is 32.2 Å². The molecule has 1 amide bonds. The predicted molar refractivity (Wildman–Crippen MR) is 111 cm³/mol. The second kappa shape index (κ2) is 9.59. The van der Waals surface area contributed by atoms with Gasteiger partial charge in [0.1, 0.15) is 5.75 Å². The summed E-state index contributed by atoms with van der Waals surface area (Å²) < 4.78 is 5.43. The quantitative estimate of drug-likeness (QED) is 0.783. The highest BCUT2D eigenvalue weighted by Gasteiger charge is 2.36. The molecule has 7 heteroatoms. The smallest absolute Gasteiger partial charge is 0.303 e. The minimum atomic E-state index is -0.772. The standard InChI is InChI=1S/C22H33N3O4/c1-16-4-6-18(20(14-16)29-3)22(28)25-9-8-19(17(15-25)5-7-21(26)27)24-12-10-23(2)11-13-24/h4,6,14,17,19H,5,7-13,15H2,1-3H3,(H,26,27)/t17-,19+/m1/s1. The third kappa shape index (κ3) is 5.28. The minimum absolute atomic E-state index is 0.0287. The molecule has 2 fully saturated rings. The van der Waals surface area contributed by atoms with Crippen LogP contribution in [0.3, 0.4) is 0 Å². The van der Waals surface area contributed by atoms with Crippen molar-refractivity contribution in [2.24, 2.45) is 5.92 Å². The number of carbonyl (C=O) groups is 2. The van der Waals surface area contributed by atoms with Gasteiger partial charge in [0.05, 0.1) is 12.7 Å². The lowest BCUT2D eigenvalue weighted by atomic mass is 9.86. The van der Waals surface area contributed by atoms with Crippen LogP contribution in [-0.4, -0.2) is 91.2 Å². The van der Waals surface area contributed by atoms with Gasteiger partial charge in [0.15, 0.2) is 0 Å². The lowest BCUT2D eigenvalue weighted by molar-refractivity contribution is -0.137. The van der Waals surface area contributed by atoms with E-state index >= 15 is 0 Å². The van der Waals surface area contributed by atoms with Crippen molar-refractivity contribution >= 4 is 11.9 Å². The number of piperazine rings is 1. The Bertz CT molecular complexity index is 731. The molecule has 2 saturated heterocycles. The first-order valence-corrected chi connectivity index (χ1v) is 10.5. The van der Waals surface area contributed by atoms with Crippen LogP contribution in [-0.2, 0) is 4.79 Å². The summed E-state index contributed by atoms with van der Waals surface area (Å²) >= 11 is 0. The highest BCUT2D eigenvalue weighted by atomic mass is 16.5. The first-order valence-electron chi connectivity index (χ1n) is 10.5. The number of carboxylic acid groups (broad SMARTS) is 1. The van der Waals surface area contributed by atoms with Crippen molar-refractivity contribution in [3.8, 4) is 5.75 Å². The van der Waals surface area contributed by atoms with Gasteiger partial charge in [-0.15, -0.1) is 0 Å². The lowest BCUT2D eigenvalue weighted by Crippen LogP contribution is -2.57. The Morgan fingerprint density at radius 1 is 1.17 bits per heavy atom. The van der Waals surface area contributed by atoms with E-state index in [0.717, 1.165) is 38.2 Å². The Kier molecular flexibility index (Phi) is 7.14. The molecule has 7 nitrogen and oxygen atoms in total. The molecule has 2 aliphatic rings. The molecular formula is C22H33N3O4. The predicted octanol–water partition coefficient (Wildman–Crippen LogP) is 1.95. The molecule has 0 unspecified atom stereocenters. The normalized spacial score (nSPS) is 23.8. The van der Waals surface area contributed by atoms with Crippen LogP contribution in [0.2, 0.25) is 0 Å². The van der Waals surface area contributed by atoms with Crippen LogP contribution in [0.5, 0.6) is 5.75 Å². The van der Waals surface area contributed by atoms with Crippen LogP contribution in [0, 0.1) is 12.8 Å². The van der Waals surface area contributed by atoms with E-state index in [0.29, 0.717) is 36.9 Å².